The Morgan fingerprint density at radius 3 is 2.06 bits per heavy atom. The summed E-state index contributed by atoms with van der Waals surface area (Å²) >= 11 is 0. The number of sulfonamides is 1. The molecule has 2 fully saturated rings. The van der Waals surface area contributed by atoms with Gasteiger partial charge in [0.25, 0.3) is 5.60 Å². The lowest BCUT2D eigenvalue weighted by atomic mass is 9.80. The van der Waals surface area contributed by atoms with E-state index >= 15 is 0 Å². The Morgan fingerprint density at radius 1 is 1.03 bits per heavy atom. The van der Waals surface area contributed by atoms with Crippen LogP contribution in [-0.4, -0.2) is 43.4 Å². The van der Waals surface area contributed by atoms with Crippen molar-refractivity contribution in [2.75, 3.05) is 0 Å². The van der Waals surface area contributed by atoms with E-state index < -0.39 is 52.0 Å². The van der Waals surface area contributed by atoms with Gasteiger partial charge in [-0.1, -0.05) is 18.2 Å². The Bertz CT molecular complexity index is 1170. The van der Waals surface area contributed by atoms with E-state index in [1.54, 1.807) is 0 Å². The zero-order chi connectivity index (χ0) is 26.0. The molecule has 14 heteroatoms. The Balaban J connectivity index is 1.37. The maximum absolute atomic E-state index is 14.3. The third-order valence-corrected chi connectivity index (χ3v) is 7.89. The molecule has 3 unspecified atom stereocenters. The van der Waals surface area contributed by atoms with Gasteiger partial charge in [-0.2, -0.15) is 26.3 Å². The van der Waals surface area contributed by atoms with Crippen molar-refractivity contribution in [1.29, 1.82) is 0 Å². The van der Waals surface area contributed by atoms with Crippen molar-refractivity contribution in [3.05, 3.63) is 53.5 Å². The molecule has 0 radical (unpaired) electrons. The van der Waals surface area contributed by atoms with Gasteiger partial charge in [0.05, 0.1) is 17.2 Å². The van der Waals surface area contributed by atoms with E-state index in [1.165, 1.54) is 24.3 Å². The lowest BCUT2D eigenvalue weighted by Gasteiger charge is -2.38. The monoisotopic (exact) mass is 528 g/mol. The standard InChI is InChI=1S/C21H19F7N2O4S/c22-16-8-11(3-6-15(16)19(32,20(23,24)25)21(26,27)28)29-17(31)7-10-1-4-12(5-2-10)35(33,34)30-18-13-9-14(13)18/h1-5,8,13-15,18,30,32H,6-7,9H2,(H,29,31). The number of rotatable bonds is 7. The van der Waals surface area contributed by atoms with E-state index in [0.717, 1.165) is 12.5 Å². The number of carbonyl (C=O) groups is 1. The van der Waals surface area contributed by atoms with Crippen molar-refractivity contribution in [3.63, 3.8) is 0 Å². The van der Waals surface area contributed by atoms with Crippen LogP contribution in [0.3, 0.4) is 0 Å². The Morgan fingerprint density at radius 2 is 1.60 bits per heavy atom. The number of hydrogen-bond acceptors (Lipinski definition) is 4. The summed E-state index contributed by atoms with van der Waals surface area (Å²) in [6.07, 6.45) is -11.8. The number of hydrogen-bond donors (Lipinski definition) is 3. The van der Waals surface area contributed by atoms with E-state index in [9.17, 15) is 49.1 Å². The van der Waals surface area contributed by atoms with Crippen molar-refractivity contribution in [2.45, 2.75) is 48.2 Å². The summed E-state index contributed by atoms with van der Waals surface area (Å²) in [6.45, 7) is 0. The van der Waals surface area contributed by atoms with Crippen LogP contribution in [0.15, 0.2) is 52.8 Å². The number of halogens is 7. The number of alkyl halides is 6. The van der Waals surface area contributed by atoms with E-state index in [0.29, 0.717) is 17.4 Å². The molecule has 2 saturated carbocycles. The minimum atomic E-state index is -6.19. The smallest absolute Gasteiger partial charge is 0.373 e. The summed E-state index contributed by atoms with van der Waals surface area (Å²) < 4.78 is 119. The number of amides is 1. The Hall–Kier alpha value is -2.45. The van der Waals surface area contributed by atoms with Crippen LogP contribution in [-0.2, 0) is 21.2 Å². The maximum atomic E-state index is 14.3. The summed E-state index contributed by atoms with van der Waals surface area (Å²) in [4.78, 5) is 12.2. The first-order chi connectivity index (χ1) is 16.0. The van der Waals surface area contributed by atoms with Crippen LogP contribution in [0.5, 0.6) is 0 Å². The highest BCUT2D eigenvalue weighted by molar-refractivity contribution is 7.89. The van der Waals surface area contributed by atoms with Gasteiger partial charge in [-0.05, 0) is 48.4 Å². The molecular weight excluding hydrogens is 509 g/mol. The van der Waals surface area contributed by atoms with Gasteiger partial charge in [0.15, 0.2) is 0 Å². The van der Waals surface area contributed by atoms with Gasteiger partial charge in [0.1, 0.15) is 5.83 Å². The highest BCUT2D eigenvalue weighted by Crippen LogP contribution is 2.62. The molecule has 1 aromatic carbocycles. The molecule has 0 spiro atoms. The third kappa shape index (κ3) is 4.83. The van der Waals surface area contributed by atoms with Gasteiger partial charge in [0, 0.05) is 11.7 Å². The summed E-state index contributed by atoms with van der Waals surface area (Å²) in [5, 5.41) is 11.6. The molecule has 1 amide bonds. The fourth-order valence-electron chi connectivity index (χ4n) is 4.06. The summed E-state index contributed by atoms with van der Waals surface area (Å²) in [7, 11) is -3.70. The summed E-state index contributed by atoms with van der Waals surface area (Å²) in [5.74, 6) is -4.81. The Kier molecular flexibility index (Phi) is 6.08. The lowest BCUT2D eigenvalue weighted by Crippen LogP contribution is -2.62. The van der Waals surface area contributed by atoms with Gasteiger partial charge < -0.3 is 10.4 Å². The number of nitrogens with one attached hydrogen (secondary N) is 2. The maximum Gasteiger partial charge on any atom is 0.426 e. The fraction of sp³-hybridized carbons (Fsp3) is 0.476. The van der Waals surface area contributed by atoms with E-state index in [-0.39, 0.29) is 29.1 Å². The molecule has 0 aromatic heterocycles. The molecule has 3 aliphatic rings. The average molecular weight is 528 g/mol. The van der Waals surface area contributed by atoms with Gasteiger partial charge in [-0.15, -0.1) is 0 Å². The van der Waals surface area contributed by atoms with Gasteiger partial charge in [0.2, 0.25) is 15.9 Å². The first-order valence-electron chi connectivity index (χ1n) is 10.4. The van der Waals surface area contributed by atoms with Crippen molar-refractivity contribution >= 4 is 15.9 Å². The minimum absolute atomic E-state index is 0.000749. The van der Waals surface area contributed by atoms with E-state index in [4.69, 9.17) is 0 Å². The second kappa shape index (κ2) is 8.30. The number of benzene rings is 1. The molecule has 3 atom stereocenters. The summed E-state index contributed by atoms with van der Waals surface area (Å²) in [5.41, 5.74) is -5.32. The molecule has 0 saturated heterocycles. The van der Waals surface area contributed by atoms with Gasteiger partial charge >= 0.3 is 12.4 Å². The molecule has 0 aliphatic heterocycles. The van der Waals surface area contributed by atoms with Crippen LogP contribution >= 0.6 is 0 Å². The SMILES string of the molecule is O=C(Cc1ccc(S(=O)(=O)NC2C3CC32)cc1)NC1=CCC(C(O)(C(F)(F)F)C(F)(F)F)C(F)=C1. The topological polar surface area (TPSA) is 95.5 Å². The minimum Gasteiger partial charge on any atom is -0.373 e. The van der Waals surface area contributed by atoms with Crippen molar-refractivity contribution in [2.24, 2.45) is 17.8 Å². The van der Waals surface area contributed by atoms with E-state index in [2.05, 4.69) is 10.0 Å². The molecule has 4 rings (SSSR count). The zero-order valence-electron chi connectivity index (χ0n) is 17.6. The lowest BCUT2D eigenvalue weighted by molar-refractivity contribution is -0.382. The number of fused-ring (bicyclic) bond motifs is 1. The molecule has 35 heavy (non-hydrogen) atoms. The number of carbonyl (C=O) groups excluding carboxylic acids is 1. The molecule has 0 heterocycles. The van der Waals surface area contributed by atoms with Gasteiger partial charge in [-0.25, -0.2) is 17.5 Å². The van der Waals surface area contributed by atoms with Crippen molar-refractivity contribution in [3.8, 4) is 0 Å². The Labute approximate surface area is 194 Å². The van der Waals surface area contributed by atoms with E-state index in [1.807, 2.05) is 0 Å². The number of allylic oxidation sites excluding steroid dienone is 2. The number of aliphatic hydroxyl groups is 1. The van der Waals surface area contributed by atoms with Crippen LogP contribution in [0.4, 0.5) is 30.7 Å². The molecule has 192 valence electrons. The third-order valence-electron chi connectivity index (χ3n) is 6.41. The molecule has 1 aromatic rings. The largest absolute Gasteiger partial charge is 0.426 e. The summed E-state index contributed by atoms with van der Waals surface area (Å²) in [6, 6.07) is 5.29. The van der Waals surface area contributed by atoms with Crippen LogP contribution in [0.1, 0.15) is 18.4 Å². The van der Waals surface area contributed by atoms with Crippen molar-refractivity contribution in [1.82, 2.24) is 10.0 Å². The predicted molar refractivity (Wildman–Crippen MR) is 106 cm³/mol. The van der Waals surface area contributed by atoms with Gasteiger partial charge in [-0.3, -0.25) is 4.79 Å². The van der Waals surface area contributed by atoms with Crippen LogP contribution in [0.25, 0.3) is 0 Å². The molecular formula is C21H19F7N2O4S. The predicted octanol–water partition coefficient (Wildman–Crippen LogP) is 3.25. The second-order valence-electron chi connectivity index (χ2n) is 8.82. The normalized spacial score (nSPS) is 26.4. The highest BCUT2D eigenvalue weighted by atomic mass is 32.2. The molecule has 3 N–H and O–H groups in total. The first-order valence-corrected chi connectivity index (χ1v) is 11.9. The van der Waals surface area contributed by atoms with Crippen molar-refractivity contribution < 1.29 is 49.1 Å². The zero-order valence-corrected chi connectivity index (χ0v) is 18.4. The van der Waals surface area contributed by atoms with Crippen LogP contribution < -0.4 is 10.0 Å². The second-order valence-corrected chi connectivity index (χ2v) is 10.5. The fourth-order valence-corrected chi connectivity index (χ4v) is 5.39. The van der Waals surface area contributed by atoms with Crippen LogP contribution in [0, 0.1) is 17.8 Å². The average Bonchev–Trinajstić information content (AvgIpc) is 3.63. The van der Waals surface area contributed by atoms with Crippen LogP contribution in [0.2, 0.25) is 0 Å². The highest BCUT2D eigenvalue weighted by Gasteiger charge is 2.74. The molecule has 0 bridgehead atoms. The molecule has 6 nitrogen and oxygen atoms in total. The quantitative estimate of drug-likeness (QED) is 0.474. The molecule has 3 aliphatic carbocycles. The first kappa shape index (κ1) is 25.6.